The Morgan fingerprint density at radius 1 is 1.17 bits per heavy atom. The number of halogens is 2. The molecule has 0 radical (unpaired) electrons. The number of esters is 2. The van der Waals surface area contributed by atoms with Gasteiger partial charge in [-0.25, -0.2) is 14.6 Å². The Morgan fingerprint density at radius 3 is 2.61 bits per heavy atom. The van der Waals surface area contributed by atoms with Gasteiger partial charge in [-0.05, 0) is 72.6 Å². The van der Waals surface area contributed by atoms with Crippen molar-refractivity contribution in [2.75, 3.05) is 26.9 Å². The summed E-state index contributed by atoms with van der Waals surface area (Å²) in [5, 5.41) is 10.9. The van der Waals surface area contributed by atoms with Gasteiger partial charge in [0, 0.05) is 10.6 Å². The number of carbonyl (C=O) groups is 2. The number of allylic oxidation sites excluding steroid dienone is 1. The van der Waals surface area contributed by atoms with Crippen molar-refractivity contribution in [2.24, 2.45) is 4.99 Å². The van der Waals surface area contributed by atoms with Crippen LogP contribution in [0.2, 0.25) is 5.02 Å². The number of aromatic nitrogens is 1. The maximum atomic E-state index is 13.9. The van der Waals surface area contributed by atoms with E-state index in [1.54, 1.807) is 45.0 Å². The molecule has 2 heterocycles. The van der Waals surface area contributed by atoms with Crippen molar-refractivity contribution in [3.8, 4) is 17.2 Å². The number of carbonyl (C=O) groups excluding carboxylic acids is 2. The van der Waals surface area contributed by atoms with Crippen LogP contribution in [0, 0.1) is 0 Å². The van der Waals surface area contributed by atoms with Crippen molar-refractivity contribution >= 4 is 56.9 Å². The molecular weight excluding hydrogens is 640 g/mol. The summed E-state index contributed by atoms with van der Waals surface area (Å²) in [4.78, 5) is 43.6. The molecule has 0 amide bonds. The summed E-state index contributed by atoms with van der Waals surface area (Å²) in [5.74, 6) is -0.668. The fraction of sp³-hybridized carbons (Fsp3) is 0.286. The predicted octanol–water partition coefficient (Wildman–Crippen LogP) is 3.87. The standard InChI is InChI=1S/C28H26BrClN2O8S/c1-5-38-20-10-15(7-8-19(20)40-13-22(33)37-4)24-23(27(36)39-6-2)14(3)31-28-32(24)26(35)21(41-28)11-16-9-17(30)12-18(29)25(16)34/h7-12,24,34H,5-6,13H2,1-4H3/b21-11-/t24-/m1/s1. The number of phenols is 1. The second-order valence-electron chi connectivity index (χ2n) is 8.63. The second-order valence-corrected chi connectivity index (χ2v) is 10.9. The largest absolute Gasteiger partial charge is 0.506 e. The van der Waals surface area contributed by atoms with E-state index >= 15 is 0 Å². The second kappa shape index (κ2) is 12.9. The first-order chi connectivity index (χ1) is 19.6. The Morgan fingerprint density at radius 2 is 1.93 bits per heavy atom. The number of rotatable bonds is 9. The van der Waals surface area contributed by atoms with E-state index in [0.29, 0.717) is 43.5 Å². The van der Waals surface area contributed by atoms with Gasteiger partial charge in [-0.2, -0.15) is 0 Å². The number of thiazole rings is 1. The lowest BCUT2D eigenvalue weighted by atomic mass is 9.95. The molecule has 0 bridgehead atoms. The molecule has 1 aliphatic heterocycles. The smallest absolute Gasteiger partial charge is 0.343 e. The summed E-state index contributed by atoms with van der Waals surface area (Å²) in [5.41, 5.74) is 0.992. The van der Waals surface area contributed by atoms with Crippen LogP contribution in [0.25, 0.3) is 6.08 Å². The van der Waals surface area contributed by atoms with Gasteiger partial charge < -0.3 is 24.1 Å². The fourth-order valence-corrected chi connectivity index (χ4v) is 6.09. The molecule has 1 aliphatic rings. The van der Waals surface area contributed by atoms with E-state index in [0.717, 1.165) is 11.3 Å². The topological polar surface area (TPSA) is 126 Å². The highest BCUT2D eigenvalue weighted by Crippen LogP contribution is 2.37. The van der Waals surface area contributed by atoms with E-state index in [4.69, 9.17) is 25.8 Å². The Bertz CT molecular complexity index is 1730. The van der Waals surface area contributed by atoms with E-state index in [9.17, 15) is 19.5 Å². The van der Waals surface area contributed by atoms with Crippen molar-refractivity contribution in [1.82, 2.24) is 4.57 Å². The number of hydrogen-bond donors (Lipinski definition) is 1. The van der Waals surface area contributed by atoms with E-state index in [1.807, 2.05) is 0 Å². The van der Waals surface area contributed by atoms with Gasteiger partial charge in [0.05, 0.1) is 46.6 Å². The van der Waals surface area contributed by atoms with Gasteiger partial charge >= 0.3 is 11.9 Å². The van der Waals surface area contributed by atoms with Gasteiger partial charge in [0.2, 0.25) is 0 Å². The molecule has 0 fully saturated rings. The Hall–Kier alpha value is -3.61. The van der Waals surface area contributed by atoms with Gasteiger partial charge in [0.25, 0.3) is 5.56 Å². The normalized spacial score (nSPS) is 14.8. The molecule has 13 heteroatoms. The summed E-state index contributed by atoms with van der Waals surface area (Å²) in [6.45, 7) is 5.24. The van der Waals surface area contributed by atoms with Crippen LogP contribution in [0.5, 0.6) is 17.2 Å². The van der Waals surface area contributed by atoms with Crippen molar-refractivity contribution in [3.05, 3.63) is 81.9 Å². The van der Waals surface area contributed by atoms with Crippen LogP contribution < -0.4 is 24.4 Å². The lowest BCUT2D eigenvalue weighted by Crippen LogP contribution is -2.40. The molecule has 3 aromatic rings. The van der Waals surface area contributed by atoms with Crippen molar-refractivity contribution in [3.63, 3.8) is 0 Å². The number of fused-ring (bicyclic) bond motifs is 1. The predicted molar refractivity (Wildman–Crippen MR) is 156 cm³/mol. The van der Waals surface area contributed by atoms with E-state index in [2.05, 4.69) is 25.7 Å². The van der Waals surface area contributed by atoms with Crippen LogP contribution in [0.1, 0.15) is 37.9 Å². The van der Waals surface area contributed by atoms with Crippen molar-refractivity contribution in [2.45, 2.75) is 26.8 Å². The van der Waals surface area contributed by atoms with Gasteiger partial charge in [0.15, 0.2) is 22.9 Å². The number of hydrogen-bond acceptors (Lipinski definition) is 10. The molecule has 10 nitrogen and oxygen atoms in total. The quantitative estimate of drug-likeness (QED) is 0.342. The number of ether oxygens (including phenoxy) is 4. The van der Waals surface area contributed by atoms with Crippen LogP contribution >= 0.6 is 38.9 Å². The third-order valence-corrected chi connectivity index (χ3v) is 7.82. The zero-order chi connectivity index (χ0) is 29.8. The molecule has 0 unspecified atom stereocenters. The molecule has 1 aromatic heterocycles. The highest BCUT2D eigenvalue weighted by Gasteiger charge is 2.34. The van der Waals surface area contributed by atoms with E-state index < -0.39 is 23.5 Å². The molecule has 4 rings (SSSR count). The Labute approximate surface area is 252 Å². The minimum atomic E-state index is -0.916. The van der Waals surface area contributed by atoms with Crippen LogP contribution in [0.4, 0.5) is 0 Å². The van der Waals surface area contributed by atoms with Crippen LogP contribution in [0.3, 0.4) is 0 Å². The summed E-state index contributed by atoms with van der Waals surface area (Å²) < 4.78 is 23.4. The highest BCUT2D eigenvalue weighted by molar-refractivity contribution is 9.10. The highest BCUT2D eigenvalue weighted by atomic mass is 79.9. The lowest BCUT2D eigenvalue weighted by molar-refractivity contribution is -0.143. The Kier molecular flexibility index (Phi) is 9.57. The molecule has 0 aliphatic carbocycles. The maximum Gasteiger partial charge on any atom is 0.343 e. The first-order valence-corrected chi connectivity index (χ1v) is 14.4. The minimum Gasteiger partial charge on any atom is -0.506 e. The molecule has 1 atom stereocenters. The van der Waals surface area contributed by atoms with Crippen LogP contribution in [-0.4, -0.2) is 48.5 Å². The molecule has 2 aromatic carbocycles. The SMILES string of the molecule is CCOC(=O)C1=C(C)N=c2s/c(=C\c3cc(Cl)cc(Br)c3O)c(=O)n2[C@@H]1c1ccc(OCC(=O)OC)c(OCC)c1. The summed E-state index contributed by atoms with van der Waals surface area (Å²) in [7, 11) is 1.26. The molecule has 1 N–H and O–H groups in total. The third kappa shape index (κ3) is 6.34. The van der Waals surface area contributed by atoms with Gasteiger partial charge in [0.1, 0.15) is 5.75 Å². The average molecular weight is 666 g/mol. The zero-order valence-corrected chi connectivity index (χ0v) is 25.7. The molecule has 0 spiro atoms. The lowest BCUT2D eigenvalue weighted by Gasteiger charge is -2.25. The fourth-order valence-electron chi connectivity index (χ4n) is 4.22. The molecule has 0 saturated heterocycles. The number of benzene rings is 2. The average Bonchev–Trinajstić information content (AvgIpc) is 3.23. The summed E-state index contributed by atoms with van der Waals surface area (Å²) in [6, 6.07) is 7.08. The third-order valence-electron chi connectivity index (χ3n) is 6.02. The van der Waals surface area contributed by atoms with Crippen LogP contribution in [-0.2, 0) is 19.1 Å². The summed E-state index contributed by atoms with van der Waals surface area (Å²) >= 11 is 10.5. The van der Waals surface area contributed by atoms with Crippen molar-refractivity contribution < 1.29 is 33.6 Å². The maximum absolute atomic E-state index is 13.9. The van der Waals surface area contributed by atoms with E-state index in [1.165, 1.54) is 23.8 Å². The monoisotopic (exact) mass is 664 g/mol. The number of nitrogens with zero attached hydrogens (tertiary/aromatic N) is 2. The molecule has 216 valence electrons. The molecular formula is C28H26BrClN2O8S. The summed E-state index contributed by atoms with van der Waals surface area (Å²) in [6.07, 6.45) is 1.52. The van der Waals surface area contributed by atoms with Gasteiger partial charge in [-0.15, -0.1) is 0 Å². The van der Waals surface area contributed by atoms with Crippen LogP contribution in [0.15, 0.2) is 55.9 Å². The Balaban J connectivity index is 1.93. The molecule has 0 saturated carbocycles. The van der Waals surface area contributed by atoms with Gasteiger partial charge in [-0.1, -0.05) is 29.0 Å². The number of phenolic OH excluding ortho intramolecular Hbond substituents is 1. The molecule has 41 heavy (non-hydrogen) atoms. The van der Waals surface area contributed by atoms with E-state index in [-0.39, 0.29) is 34.8 Å². The zero-order valence-electron chi connectivity index (χ0n) is 22.5. The van der Waals surface area contributed by atoms with Gasteiger partial charge in [-0.3, -0.25) is 9.36 Å². The number of methoxy groups -OCH3 is 1. The number of aromatic hydroxyl groups is 1. The van der Waals surface area contributed by atoms with Crippen molar-refractivity contribution in [1.29, 1.82) is 0 Å². The first kappa shape index (κ1) is 30.4. The minimum absolute atomic E-state index is 0.0796. The first-order valence-electron chi connectivity index (χ1n) is 12.4.